The molecule has 0 aliphatic carbocycles. The molecule has 106 valence electrons. The minimum absolute atomic E-state index is 0.263. The highest BCUT2D eigenvalue weighted by Crippen LogP contribution is 2.14. The smallest absolute Gasteiger partial charge is 0.408 e. The van der Waals surface area contributed by atoms with Gasteiger partial charge in [-0.2, -0.15) is 0 Å². The van der Waals surface area contributed by atoms with Crippen molar-refractivity contribution in [3.8, 4) is 0 Å². The second kappa shape index (κ2) is 6.52. The second-order valence-corrected chi connectivity index (χ2v) is 5.31. The fourth-order valence-electron chi connectivity index (χ4n) is 1.60. The SMILES string of the molecule is CNCC(NC(=O)OC(C)(C)C)c1ccc(F)cc1. The first kappa shape index (κ1) is 15.4. The van der Waals surface area contributed by atoms with E-state index in [-0.39, 0.29) is 11.9 Å². The quantitative estimate of drug-likeness (QED) is 0.882. The third-order valence-electron chi connectivity index (χ3n) is 2.37. The van der Waals surface area contributed by atoms with Crippen LogP contribution in [-0.2, 0) is 4.74 Å². The topological polar surface area (TPSA) is 50.4 Å². The third-order valence-corrected chi connectivity index (χ3v) is 2.37. The third kappa shape index (κ3) is 5.70. The van der Waals surface area contributed by atoms with E-state index in [0.717, 1.165) is 5.56 Å². The number of benzene rings is 1. The van der Waals surface area contributed by atoms with Crippen LogP contribution in [0.1, 0.15) is 32.4 Å². The molecule has 0 bridgehead atoms. The van der Waals surface area contributed by atoms with Gasteiger partial charge in [-0.15, -0.1) is 0 Å². The Morgan fingerprint density at radius 2 is 1.89 bits per heavy atom. The van der Waals surface area contributed by atoms with Crippen LogP contribution in [0, 0.1) is 5.82 Å². The van der Waals surface area contributed by atoms with E-state index in [4.69, 9.17) is 4.74 Å². The van der Waals surface area contributed by atoms with Crippen molar-refractivity contribution in [3.05, 3.63) is 35.6 Å². The summed E-state index contributed by atoms with van der Waals surface area (Å²) in [6.07, 6.45) is -0.489. The molecule has 1 unspecified atom stereocenters. The molecule has 0 radical (unpaired) electrons. The minimum Gasteiger partial charge on any atom is -0.444 e. The molecule has 1 aromatic rings. The van der Waals surface area contributed by atoms with E-state index in [9.17, 15) is 9.18 Å². The predicted molar refractivity (Wildman–Crippen MR) is 72.4 cm³/mol. The average Bonchev–Trinajstić information content (AvgIpc) is 2.27. The fraction of sp³-hybridized carbons (Fsp3) is 0.500. The van der Waals surface area contributed by atoms with Crippen LogP contribution in [0.25, 0.3) is 0 Å². The molecule has 0 aliphatic heterocycles. The number of amides is 1. The lowest BCUT2D eigenvalue weighted by molar-refractivity contribution is 0.0503. The number of ether oxygens (including phenoxy) is 1. The van der Waals surface area contributed by atoms with Crippen molar-refractivity contribution in [2.45, 2.75) is 32.4 Å². The summed E-state index contributed by atoms with van der Waals surface area (Å²) in [6.45, 7) is 5.94. The monoisotopic (exact) mass is 268 g/mol. The summed E-state index contributed by atoms with van der Waals surface area (Å²) >= 11 is 0. The van der Waals surface area contributed by atoms with E-state index in [1.165, 1.54) is 12.1 Å². The number of alkyl carbamates (subject to hydrolysis) is 1. The molecule has 0 aromatic heterocycles. The van der Waals surface area contributed by atoms with Gasteiger partial charge in [0, 0.05) is 6.54 Å². The molecule has 4 nitrogen and oxygen atoms in total. The maximum Gasteiger partial charge on any atom is 0.408 e. The molecule has 1 aromatic carbocycles. The summed E-state index contributed by atoms with van der Waals surface area (Å²) < 4.78 is 18.1. The highest BCUT2D eigenvalue weighted by atomic mass is 19.1. The number of hydrogen-bond acceptors (Lipinski definition) is 3. The molecule has 19 heavy (non-hydrogen) atoms. The van der Waals surface area contributed by atoms with Gasteiger partial charge in [-0.05, 0) is 45.5 Å². The molecule has 5 heteroatoms. The van der Waals surface area contributed by atoms with E-state index in [1.54, 1.807) is 40.0 Å². The average molecular weight is 268 g/mol. The number of halogens is 1. The van der Waals surface area contributed by atoms with E-state index in [2.05, 4.69) is 10.6 Å². The Balaban J connectivity index is 2.73. The van der Waals surface area contributed by atoms with Gasteiger partial charge in [-0.3, -0.25) is 0 Å². The number of likely N-dealkylation sites (N-methyl/N-ethyl adjacent to an activating group) is 1. The van der Waals surface area contributed by atoms with Gasteiger partial charge in [-0.1, -0.05) is 12.1 Å². The Hall–Kier alpha value is -1.62. The van der Waals surface area contributed by atoms with Crippen LogP contribution >= 0.6 is 0 Å². The Morgan fingerprint density at radius 1 is 1.32 bits per heavy atom. The molecule has 0 fully saturated rings. The normalized spacial score (nSPS) is 12.9. The zero-order valence-electron chi connectivity index (χ0n) is 11.8. The summed E-state index contributed by atoms with van der Waals surface area (Å²) in [7, 11) is 1.79. The molecule has 2 N–H and O–H groups in total. The van der Waals surface area contributed by atoms with E-state index in [0.29, 0.717) is 6.54 Å². The number of carbonyl (C=O) groups excluding carboxylic acids is 1. The lowest BCUT2D eigenvalue weighted by Gasteiger charge is -2.23. The zero-order chi connectivity index (χ0) is 14.5. The van der Waals surface area contributed by atoms with Crippen molar-refractivity contribution in [3.63, 3.8) is 0 Å². The maximum absolute atomic E-state index is 12.9. The molecule has 0 aliphatic rings. The first-order valence-electron chi connectivity index (χ1n) is 6.21. The summed E-state index contributed by atoms with van der Waals surface area (Å²) in [5, 5.41) is 5.75. The molecule has 0 spiro atoms. The van der Waals surface area contributed by atoms with Crippen LogP contribution in [0.5, 0.6) is 0 Å². The predicted octanol–water partition coefficient (Wildman–Crippen LogP) is 2.61. The number of carbonyl (C=O) groups is 1. The highest BCUT2D eigenvalue weighted by Gasteiger charge is 2.20. The second-order valence-electron chi connectivity index (χ2n) is 5.31. The summed E-state index contributed by atoms with van der Waals surface area (Å²) in [4.78, 5) is 11.7. The Kier molecular flexibility index (Phi) is 5.30. The lowest BCUT2D eigenvalue weighted by atomic mass is 10.1. The molecule has 0 saturated heterocycles. The van der Waals surface area contributed by atoms with Crippen LogP contribution in [0.4, 0.5) is 9.18 Å². The van der Waals surface area contributed by atoms with Gasteiger partial charge in [0.25, 0.3) is 0 Å². The van der Waals surface area contributed by atoms with E-state index >= 15 is 0 Å². The number of rotatable bonds is 4. The van der Waals surface area contributed by atoms with Crippen molar-refractivity contribution in [1.82, 2.24) is 10.6 Å². The molecular formula is C14H21FN2O2. The Bertz CT molecular complexity index is 412. The van der Waals surface area contributed by atoms with Gasteiger partial charge in [0.05, 0.1) is 6.04 Å². The zero-order valence-corrected chi connectivity index (χ0v) is 11.8. The molecule has 1 atom stereocenters. The summed E-state index contributed by atoms with van der Waals surface area (Å²) in [6, 6.07) is 5.77. The number of nitrogens with one attached hydrogen (secondary N) is 2. The van der Waals surface area contributed by atoms with E-state index in [1.807, 2.05) is 0 Å². The molecule has 0 heterocycles. The summed E-state index contributed by atoms with van der Waals surface area (Å²) in [5.74, 6) is -0.302. The standard InChI is InChI=1S/C14H21FN2O2/c1-14(2,3)19-13(18)17-12(9-16-4)10-5-7-11(15)8-6-10/h5-8,12,16H,9H2,1-4H3,(H,17,18). The van der Waals surface area contributed by atoms with Gasteiger partial charge in [0.2, 0.25) is 0 Å². The van der Waals surface area contributed by atoms with Gasteiger partial charge in [-0.25, -0.2) is 9.18 Å². The van der Waals surface area contributed by atoms with Crippen LogP contribution in [0.3, 0.4) is 0 Å². The number of hydrogen-bond donors (Lipinski definition) is 2. The first-order valence-corrected chi connectivity index (χ1v) is 6.21. The summed E-state index contributed by atoms with van der Waals surface area (Å²) in [5.41, 5.74) is 0.276. The van der Waals surface area contributed by atoms with Crippen molar-refractivity contribution in [2.24, 2.45) is 0 Å². The lowest BCUT2D eigenvalue weighted by Crippen LogP contribution is -2.38. The molecular weight excluding hydrogens is 247 g/mol. The molecule has 1 rings (SSSR count). The minimum atomic E-state index is -0.545. The highest BCUT2D eigenvalue weighted by molar-refractivity contribution is 5.68. The van der Waals surface area contributed by atoms with Crippen molar-refractivity contribution < 1.29 is 13.9 Å². The van der Waals surface area contributed by atoms with Crippen LogP contribution < -0.4 is 10.6 Å². The van der Waals surface area contributed by atoms with Gasteiger partial charge < -0.3 is 15.4 Å². The van der Waals surface area contributed by atoms with Crippen molar-refractivity contribution in [1.29, 1.82) is 0 Å². The van der Waals surface area contributed by atoms with E-state index < -0.39 is 11.7 Å². The van der Waals surface area contributed by atoms with Crippen LogP contribution in [0.2, 0.25) is 0 Å². The van der Waals surface area contributed by atoms with Gasteiger partial charge in [0.1, 0.15) is 11.4 Å². The Morgan fingerprint density at radius 3 is 2.37 bits per heavy atom. The molecule has 0 saturated carbocycles. The molecule has 1 amide bonds. The largest absolute Gasteiger partial charge is 0.444 e. The van der Waals surface area contributed by atoms with Crippen molar-refractivity contribution >= 4 is 6.09 Å². The first-order chi connectivity index (χ1) is 8.81. The maximum atomic E-state index is 12.9. The van der Waals surface area contributed by atoms with Crippen LogP contribution in [-0.4, -0.2) is 25.3 Å². The Labute approximate surface area is 113 Å². The van der Waals surface area contributed by atoms with Crippen LogP contribution in [0.15, 0.2) is 24.3 Å². The fourth-order valence-corrected chi connectivity index (χ4v) is 1.60. The van der Waals surface area contributed by atoms with Gasteiger partial charge in [0.15, 0.2) is 0 Å². The van der Waals surface area contributed by atoms with Crippen molar-refractivity contribution in [2.75, 3.05) is 13.6 Å². The van der Waals surface area contributed by atoms with Gasteiger partial charge >= 0.3 is 6.09 Å².